The number of piperidine rings is 1. The molecule has 0 bridgehead atoms. The molecule has 0 spiro atoms. The molecule has 0 aliphatic carbocycles. The van der Waals surface area contributed by atoms with Crippen molar-refractivity contribution in [2.75, 3.05) is 87.3 Å². The lowest BCUT2D eigenvalue weighted by molar-refractivity contribution is 0.0516. The number of nitrogens with zero attached hydrogens (tertiary/aromatic N) is 5. The van der Waals surface area contributed by atoms with Crippen LogP contribution in [0.25, 0.3) is 0 Å². The number of nitrogens with two attached hydrogens (primary N) is 1. The van der Waals surface area contributed by atoms with Crippen LogP contribution >= 0.6 is 0 Å². The third-order valence-electron chi connectivity index (χ3n) is 6.44. The fourth-order valence-corrected chi connectivity index (χ4v) is 4.35. The number of aliphatic hydroxyl groups excluding tert-OH is 1. The van der Waals surface area contributed by atoms with Crippen molar-refractivity contribution >= 4 is 30.0 Å². The van der Waals surface area contributed by atoms with E-state index in [-0.39, 0.29) is 13.2 Å². The second-order valence-corrected chi connectivity index (χ2v) is 12.7. The number of ether oxygens (including phenoxy) is 3. The highest BCUT2D eigenvalue weighted by Gasteiger charge is 2.23. The van der Waals surface area contributed by atoms with Gasteiger partial charge in [-0.25, -0.2) is 9.59 Å². The maximum Gasteiger partial charge on any atom is 0.407 e. The first-order valence-electron chi connectivity index (χ1n) is 15.6. The van der Waals surface area contributed by atoms with Gasteiger partial charge in [-0.2, -0.15) is 15.0 Å². The largest absolute Gasteiger partial charge is 0.444 e. The predicted molar refractivity (Wildman–Crippen MR) is 170 cm³/mol. The van der Waals surface area contributed by atoms with Crippen molar-refractivity contribution in [2.24, 2.45) is 11.7 Å². The molecule has 1 fully saturated rings. The Morgan fingerprint density at radius 3 is 1.98 bits per heavy atom. The van der Waals surface area contributed by atoms with Gasteiger partial charge in [-0.3, -0.25) is 0 Å². The number of aliphatic hydroxyl groups is 1. The number of carbonyl (C=O) groups is 2. The maximum atomic E-state index is 12.1. The van der Waals surface area contributed by atoms with Crippen molar-refractivity contribution in [3.8, 4) is 0 Å². The van der Waals surface area contributed by atoms with Gasteiger partial charge in [-0.1, -0.05) is 0 Å². The normalized spacial score (nSPS) is 14.2. The van der Waals surface area contributed by atoms with E-state index in [9.17, 15) is 9.59 Å². The highest BCUT2D eigenvalue weighted by atomic mass is 16.6. The van der Waals surface area contributed by atoms with Crippen molar-refractivity contribution in [1.82, 2.24) is 25.6 Å². The summed E-state index contributed by atoms with van der Waals surface area (Å²) in [6, 6.07) is 0. The fraction of sp³-hybridized carbons (Fsp3) is 0.828. The third-order valence-corrected chi connectivity index (χ3v) is 6.44. The minimum absolute atomic E-state index is 0.0423. The minimum atomic E-state index is -0.580. The molecule has 15 heteroatoms. The topological polar surface area (TPSA) is 189 Å². The van der Waals surface area contributed by atoms with Crippen LogP contribution in [0.1, 0.15) is 67.2 Å². The summed E-state index contributed by atoms with van der Waals surface area (Å²) in [6.45, 7) is 16.1. The van der Waals surface area contributed by atoms with Gasteiger partial charge in [0.25, 0.3) is 0 Å². The van der Waals surface area contributed by atoms with Gasteiger partial charge >= 0.3 is 12.2 Å². The molecule has 1 aliphatic rings. The van der Waals surface area contributed by atoms with Crippen LogP contribution < -0.4 is 31.5 Å². The number of anilines is 3. The summed E-state index contributed by atoms with van der Waals surface area (Å²) >= 11 is 0. The van der Waals surface area contributed by atoms with Crippen LogP contribution in [0.4, 0.5) is 27.4 Å². The van der Waals surface area contributed by atoms with Gasteiger partial charge in [0.1, 0.15) is 11.2 Å². The summed E-state index contributed by atoms with van der Waals surface area (Å²) < 4.78 is 16.1. The number of hydrogen-bond donors (Lipinski definition) is 5. The van der Waals surface area contributed by atoms with Gasteiger partial charge in [0.05, 0.1) is 19.8 Å². The summed E-state index contributed by atoms with van der Waals surface area (Å²) in [5.41, 5.74) is 4.75. The monoisotopic (exact) mass is 625 g/mol. The number of hydrogen-bond acceptors (Lipinski definition) is 13. The van der Waals surface area contributed by atoms with Gasteiger partial charge in [0, 0.05) is 45.8 Å². The van der Waals surface area contributed by atoms with Crippen molar-refractivity contribution in [3.63, 3.8) is 0 Å². The first-order chi connectivity index (χ1) is 20.8. The van der Waals surface area contributed by atoms with Crippen LogP contribution in [0.5, 0.6) is 0 Å². The zero-order valence-corrected chi connectivity index (χ0v) is 27.5. The number of aromatic nitrogens is 3. The second-order valence-electron chi connectivity index (χ2n) is 12.7. The highest BCUT2D eigenvalue weighted by Crippen LogP contribution is 2.23. The van der Waals surface area contributed by atoms with Gasteiger partial charge in [-0.05, 0) is 79.7 Å². The van der Waals surface area contributed by atoms with Gasteiger partial charge in [0.15, 0.2) is 0 Å². The van der Waals surface area contributed by atoms with Crippen molar-refractivity contribution in [3.05, 3.63) is 0 Å². The van der Waals surface area contributed by atoms with Gasteiger partial charge in [0.2, 0.25) is 17.8 Å². The Bertz CT molecular complexity index is 959. The molecule has 0 radical (unpaired) electrons. The highest BCUT2D eigenvalue weighted by molar-refractivity contribution is 5.68. The number of alkyl carbamates (subject to hydrolysis) is 2. The first kappa shape index (κ1) is 37.0. The molecule has 1 aromatic rings. The van der Waals surface area contributed by atoms with E-state index in [1.165, 1.54) is 0 Å². The molecule has 0 atom stereocenters. The Morgan fingerprint density at radius 2 is 1.48 bits per heavy atom. The van der Waals surface area contributed by atoms with E-state index < -0.39 is 23.4 Å². The lowest BCUT2D eigenvalue weighted by Crippen LogP contribution is -2.38. The molecule has 1 aromatic heterocycles. The summed E-state index contributed by atoms with van der Waals surface area (Å²) in [4.78, 5) is 42.7. The molecule has 6 N–H and O–H groups in total. The Labute approximate surface area is 262 Å². The molecule has 252 valence electrons. The Balaban J connectivity index is 2.18. The van der Waals surface area contributed by atoms with Crippen molar-refractivity contribution in [1.29, 1.82) is 0 Å². The van der Waals surface area contributed by atoms with E-state index in [0.29, 0.717) is 82.5 Å². The first-order valence-corrected chi connectivity index (χ1v) is 15.6. The average molecular weight is 626 g/mol. The van der Waals surface area contributed by atoms with E-state index >= 15 is 0 Å². The van der Waals surface area contributed by atoms with Crippen LogP contribution in [-0.2, 0) is 14.2 Å². The molecule has 0 unspecified atom stereocenters. The average Bonchev–Trinajstić information content (AvgIpc) is 2.94. The van der Waals surface area contributed by atoms with E-state index in [2.05, 4.69) is 20.9 Å². The smallest absolute Gasteiger partial charge is 0.407 e. The molecule has 15 nitrogen and oxygen atoms in total. The minimum Gasteiger partial charge on any atom is -0.444 e. The molecule has 2 amide bonds. The number of rotatable bonds is 17. The summed E-state index contributed by atoms with van der Waals surface area (Å²) in [7, 11) is 0. The van der Waals surface area contributed by atoms with Crippen molar-refractivity contribution in [2.45, 2.75) is 78.4 Å². The molecule has 2 rings (SSSR count). The third kappa shape index (κ3) is 15.5. The number of nitrogens with one attached hydrogen (secondary N) is 3. The summed E-state index contributed by atoms with van der Waals surface area (Å²) in [5.74, 6) is 1.97. The molecule has 1 saturated heterocycles. The van der Waals surface area contributed by atoms with Crippen LogP contribution in [0, 0.1) is 5.92 Å². The fourth-order valence-electron chi connectivity index (χ4n) is 4.35. The van der Waals surface area contributed by atoms with Gasteiger partial charge < -0.3 is 50.8 Å². The standard InChI is InChI=1S/C29H55N9O6/c1-28(2,3)43-26(40)32-11-7-14-37(15-8-12-33-27(41)44-29(4,5)6)24-34-23(31-13-19-42-20-18-39)35-25(36-24)38-16-9-22(21-30)10-17-38/h22,39H,7-21,30H2,1-6H3,(H,32,40)(H,33,41)(H,31,34,35,36). The summed E-state index contributed by atoms with van der Waals surface area (Å²) in [6.07, 6.45) is 2.21. The summed E-state index contributed by atoms with van der Waals surface area (Å²) in [5, 5.41) is 17.8. The van der Waals surface area contributed by atoms with Crippen LogP contribution in [0.15, 0.2) is 0 Å². The second kappa shape index (κ2) is 18.6. The van der Waals surface area contributed by atoms with Crippen LogP contribution in [0.2, 0.25) is 0 Å². The Kier molecular flexibility index (Phi) is 15.6. The lowest BCUT2D eigenvalue weighted by atomic mass is 9.97. The Morgan fingerprint density at radius 1 is 0.909 bits per heavy atom. The van der Waals surface area contributed by atoms with Crippen LogP contribution in [0.3, 0.4) is 0 Å². The number of amides is 2. The van der Waals surface area contributed by atoms with E-state index in [0.717, 1.165) is 25.9 Å². The zero-order valence-electron chi connectivity index (χ0n) is 27.5. The molecule has 2 heterocycles. The van der Waals surface area contributed by atoms with Crippen LogP contribution in [-0.4, -0.2) is 116 Å². The molecule has 1 aliphatic heterocycles. The SMILES string of the molecule is CC(C)(C)OC(=O)NCCCN(CCCNC(=O)OC(C)(C)C)c1nc(NCCOCCO)nc(N2CCC(CN)CC2)n1. The quantitative estimate of drug-likeness (QED) is 0.158. The van der Waals surface area contributed by atoms with E-state index in [1.807, 2.05) is 46.4 Å². The predicted octanol–water partition coefficient (Wildman–Crippen LogP) is 2.10. The molecule has 0 aromatic carbocycles. The molecule has 44 heavy (non-hydrogen) atoms. The lowest BCUT2D eigenvalue weighted by Gasteiger charge is -2.32. The Hall–Kier alpha value is -3.17. The maximum absolute atomic E-state index is 12.1. The molecular formula is C29H55N9O6. The molecular weight excluding hydrogens is 570 g/mol. The van der Waals surface area contributed by atoms with Crippen molar-refractivity contribution < 1.29 is 28.9 Å². The van der Waals surface area contributed by atoms with E-state index in [4.69, 9.17) is 40.0 Å². The zero-order chi connectivity index (χ0) is 32.6. The molecule has 0 saturated carbocycles. The van der Waals surface area contributed by atoms with E-state index in [1.54, 1.807) is 0 Å². The van der Waals surface area contributed by atoms with Gasteiger partial charge in [-0.15, -0.1) is 0 Å². The number of carbonyl (C=O) groups excluding carboxylic acids is 2.